The monoisotopic (exact) mass is 438 g/mol. The highest BCUT2D eigenvalue weighted by Crippen LogP contribution is 2.18. The summed E-state index contributed by atoms with van der Waals surface area (Å²) in [6.45, 7) is 2.38. The predicted octanol–water partition coefficient (Wildman–Crippen LogP) is 0.643. The van der Waals surface area contributed by atoms with Crippen LogP contribution in [0.4, 0.5) is 0 Å². The number of halogens is 1. The van der Waals surface area contributed by atoms with Crippen molar-refractivity contribution in [1.82, 2.24) is 9.62 Å². The van der Waals surface area contributed by atoms with Gasteiger partial charge in [-0.05, 0) is 12.0 Å². The van der Waals surface area contributed by atoms with Crippen LogP contribution < -0.4 is 11.1 Å². The number of hydrogen-bond donors (Lipinski definition) is 2. The number of guanidine groups is 1. The highest BCUT2D eigenvalue weighted by atomic mass is 127. The number of benzene rings is 1. The van der Waals surface area contributed by atoms with Crippen molar-refractivity contribution < 1.29 is 8.42 Å². The second-order valence-corrected chi connectivity index (χ2v) is 7.32. The van der Waals surface area contributed by atoms with Gasteiger partial charge in [0.2, 0.25) is 10.0 Å². The molecule has 1 aromatic rings. The maximum atomic E-state index is 11.2. The van der Waals surface area contributed by atoms with Gasteiger partial charge in [-0.3, -0.25) is 4.99 Å². The summed E-state index contributed by atoms with van der Waals surface area (Å²) in [4.78, 5) is 4.26. The molecule has 0 atom stereocenters. The second-order valence-electron chi connectivity index (χ2n) is 5.33. The van der Waals surface area contributed by atoms with Crippen LogP contribution in [0.5, 0.6) is 0 Å². The molecule has 0 spiro atoms. The number of nitrogens with two attached hydrogens (primary N) is 1. The fourth-order valence-electron chi connectivity index (χ4n) is 2.17. The van der Waals surface area contributed by atoms with Crippen molar-refractivity contribution in [2.75, 3.05) is 32.4 Å². The van der Waals surface area contributed by atoms with Gasteiger partial charge >= 0.3 is 0 Å². The van der Waals surface area contributed by atoms with Gasteiger partial charge in [0.05, 0.1) is 6.26 Å². The first kappa shape index (κ1) is 19.2. The number of nitrogens with zero attached hydrogens (tertiary/aromatic N) is 2. The number of hydrogen-bond acceptors (Lipinski definition) is 3. The van der Waals surface area contributed by atoms with Crippen LogP contribution in [-0.2, 0) is 16.4 Å². The van der Waals surface area contributed by atoms with E-state index < -0.39 is 10.0 Å². The Bertz CT molecular complexity index is 586. The third kappa shape index (κ3) is 6.09. The first-order chi connectivity index (χ1) is 9.95. The summed E-state index contributed by atoms with van der Waals surface area (Å²) in [6, 6.07) is 10.2. The van der Waals surface area contributed by atoms with Gasteiger partial charge in [0.1, 0.15) is 0 Å². The van der Waals surface area contributed by atoms with Crippen LogP contribution in [0.25, 0.3) is 0 Å². The van der Waals surface area contributed by atoms with Gasteiger partial charge in [-0.15, -0.1) is 24.0 Å². The molecule has 1 saturated heterocycles. The van der Waals surface area contributed by atoms with Crippen molar-refractivity contribution in [2.24, 2.45) is 16.6 Å². The second kappa shape index (κ2) is 8.68. The summed E-state index contributed by atoms with van der Waals surface area (Å²) in [5.74, 6) is 0.693. The molecule has 1 aliphatic rings. The van der Waals surface area contributed by atoms with Gasteiger partial charge in [0.15, 0.2) is 5.96 Å². The molecule has 0 aliphatic carbocycles. The Morgan fingerprint density at radius 3 is 2.59 bits per heavy atom. The average Bonchev–Trinajstić information content (AvgIpc) is 2.36. The quantitative estimate of drug-likeness (QED) is 0.388. The highest BCUT2D eigenvalue weighted by Gasteiger charge is 2.32. The maximum Gasteiger partial charge on any atom is 0.211 e. The molecule has 22 heavy (non-hydrogen) atoms. The Morgan fingerprint density at radius 2 is 2.00 bits per heavy atom. The zero-order valence-corrected chi connectivity index (χ0v) is 15.8. The lowest BCUT2D eigenvalue weighted by atomic mass is 10.0. The van der Waals surface area contributed by atoms with Crippen molar-refractivity contribution in [1.29, 1.82) is 0 Å². The van der Waals surface area contributed by atoms with Crippen molar-refractivity contribution in [2.45, 2.75) is 6.42 Å². The van der Waals surface area contributed by atoms with Crippen LogP contribution in [0, 0.1) is 5.92 Å². The van der Waals surface area contributed by atoms with Crippen molar-refractivity contribution in [3.05, 3.63) is 35.9 Å². The summed E-state index contributed by atoms with van der Waals surface area (Å²) < 4.78 is 23.9. The summed E-state index contributed by atoms with van der Waals surface area (Å²) in [7, 11) is -3.04. The van der Waals surface area contributed by atoms with Crippen molar-refractivity contribution >= 4 is 40.0 Å². The summed E-state index contributed by atoms with van der Waals surface area (Å²) in [5.41, 5.74) is 7.04. The predicted molar refractivity (Wildman–Crippen MR) is 100.0 cm³/mol. The Morgan fingerprint density at radius 1 is 1.36 bits per heavy atom. The molecule has 0 bridgehead atoms. The molecule has 2 rings (SSSR count). The van der Waals surface area contributed by atoms with Crippen LogP contribution in [0.15, 0.2) is 35.3 Å². The molecule has 1 heterocycles. The van der Waals surface area contributed by atoms with Gasteiger partial charge in [-0.25, -0.2) is 12.7 Å². The first-order valence-corrected chi connectivity index (χ1v) is 8.83. The van der Waals surface area contributed by atoms with E-state index in [1.165, 1.54) is 16.1 Å². The van der Waals surface area contributed by atoms with Crippen LogP contribution in [0.1, 0.15) is 5.56 Å². The van der Waals surface area contributed by atoms with Crippen LogP contribution in [0.3, 0.4) is 0 Å². The lowest BCUT2D eigenvalue weighted by molar-refractivity contribution is 0.209. The minimum atomic E-state index is -3.04. The van der Waals surface area contributed by atoms with Gasteiger partial charge in [-0.1, -0.05) is 30.3 Å². The largest absolute Gasteiger partial charge is 0.370 e. The van der Waals surface area contributed by atoms with E-state index in [1.807, 2.05) is 18.2 Å². The molecule has 8 heteroatoms. The number of nitrogens with one attached hydrogen (secondary N) is 1. The lowest BCUT2D eigenvalue weighted by Crippen LogP contribution is -2.50. The van der Waals surface area contributed by atoms with E-state index in [-0.39, 0.29) is 29.9 Å². The van der Waals surface area contributed by atoms with E-state index >= 15 is 0 Å². The summed E-state index contributed by atoms with van der Waals surface area (Å²) >= 11 is 0. The van der Waals surface area contributed by atoms with Gasteiger partial charge in [0, 0.05) is 32.1 Å². The molecular formula is C14H23IN4O2S. The van der Waals surface area contributed by atoms with E-state index in [1.54, 1.807) is 0 Å². The van der Waals surface area contributed by atoms with E-state index in [0.717, 1.165) is 13.0 Å². The third-order valence-electron chi connectivity index (χ3n) is 3.48. The van der Waals surface area contributed by atoms with E-state index in [9.17, 15) is 8.42 Å². The molecule has 6 nitrogen and oxygen atoms in total. The molecule has 3 N–H and O–H groups in total. The zero-order chi connectivity index (χ0) is 15.3. The topological polar surface area (TPSA) is 87.8 Å². The van der Waals surface area contributed by atoms with Crippen LogP contribution in [0.2, 0.25) is 0 Å². The van der Waals surface area contributed by atoms with Gasteiger partial charge < -0.3 is 11.1 Å². The van der Waals surface area contributed by atoms with Gasteiger partial charge in [0.25, 0.3) is 0 Å². The number of rotatable bonds is 6. The Balaban J connectivity index is 0.00000242. The molecule has 1 fully saturated rings. The zero-order valence-electron chi connectivity index (χ0n) is 12.6. The number of sulfonamides is 1. The molecule has 0 unspecified atom stereocenters. The molecule has 1 aliphatic heterocycles. The minimum absolute atomic E-state index is 0. The Labute approximate surface area is 149 Å². The SMILES string of the molecule is CS(=O)(=O)N1CC(CN=C(N)NCCc2ccccc2)C1.I. The molecule has 1 aromatic carbocycles. The molecular weight excluding hydrogens is 415 g/mol. The first-order valence-electron chi connectivity index (χ1n) is 6.98. The maximum absolute atomic E-state index is 11.2. The molecule has 0 aromatic heterocycles. The molecule has 124 valence electrons. The minimum Gasteiger partial charge on any atom is -0.370 e. The third-order valence-corrected chi connectivity index (χ3v) is 4.71. The van der Waals surface area contributed by atoms with E-state index in [2.05, 4.69) is 22.4 Å². The fraction of sp³-hybridized carbons (Fsp3) is 0.500. The standard InChI is InChI=1S/C14H22N4O2S.HI/c1-21(19,20)18-10-13(11-18)9-17-14(15)16-8-7-12-5-3-2-4-6-12;/h2-6,13H,7-11H2,1H3,(H3,15,16,17);1H. The lowest BCUT2D eigenvalue weighted by Gasteiger charge is -2.36. The van der Waals surface area contributed by atoms with Gasteiger partial charge in [-0.2, -0.15) is 0 Å². The average molecular weight is 438 g/mol. The molecule has 0 radical (unpaired) electrons. The van der Waals surface area contributed by atoms with Crippen molar-refractivity contribution in [3.8, 4) is 0 Å². The summed E-state index contributed by atoms with van der Waals surface area (Å²) in [5, 5.41) is 3.07. The number of aliphatic imine (C=N–C) groups is 1. The molecule has 0 saturated carbocycles. The normalized spacial score (nSPS) is 16.7. The Kier molecular flexibility index (Phi) is 7.57. The highest BCUT2D eigenvalue weighted by molar-refractivity contribution is 14.0. The Hall–Kier alpha value is -0.870. The van der Waals surface area contributed by atoms with Crippen LogP contribution >= 0.6 is 24.0 Å². The summed E-state index contributed by atoms with van der Waals surface area (Å²) in [6.07, 6.45) is 2.12. The van der Waals surface area contributed by atoms with Crippen LogP contribution in [-0.4, -0.2) is 51.1 Å². The fourth-order valence-corrected chi connectivity index (χ4v) is 3.13. The van der Waals surface area contributed by atoms with Crippen molar-refractivity contribution in [3.63, 3.8) is 0 Å². The molecule has 0 amide bonds. The van der Waals surface area contributed by atoms with E-state index in [4.69, 9.17) is 5.73 Å². The smallest absolute Gasteiger partial charge is 0.211 e. The van der Waals surface area contributed by atoms with E-state index in [0.29, 0.717) is 25.6 Å².